The lowest BCUT2D eigenvalue weighted by molar-refractivity contribution is -0.139. The van der Waals surface area contributed by atoms with E-state index in [1.54, 1.807) is 18.7 Å². The molecule has 8 heteroatoms. The molecule has 0 aromatic carbocycles. The number of likely N-dealkylation sites (tertiary alicyclic amines) is 1. The van der Waals surface area contributed by atoms with Crippen LogP contribution in [0.1, 0.15) is 34.3 Å². The van der Waals surface area contributed by atoms with Gasteiger partial charge in [-0.15, -0.1) is 11.3 Å². The Hall–Kier alpha value is -2.45. The molecule has 1 amide bonds. The van der Waals surface area contributed by atoms with Gasteiger partial charge in [-0.1, -0.05) is 6.07 Å². The van der Waals surface area contributed by atoms with Crippen molar-refractivity contribution in [2.24, 2.45) is 0 Å². The number of thiophene rings is 1. The monoisotopic (exact) mass is 388 g/mol. The minimum Gasteiger partial charge on any atom is -0.507 e. The molecule has 2 aromatic heterocycles. The van der Waals surface area contributed by atoms with Gasteiger partial charge in [0.25, 0.3) is 11.7 Å². The molecular weight excluding hydrogens is 364 g/mol. The van der Waals surface area contributed by atoms with Crippen molar-refractivity contribution in [1.82, 2.24) is 20.0 Å². The van der Waals surface area contributed by atoms with Crippen LogP contribution in [0, 0.1) is 13.8 Å². The predicted molar refractivity (Wildman–Crippen MR) is 105 cm³/mol. The molecular formula is C19H24N4O3S. The Bertz CT molecular complexity index is 863. The molecule has 3 rings (SSSR count). The van der Waals surface area contributed by atoms with Crippen molar-refractivity contribution >= 4 is 28.8 Å². The number of amides is 1. The number of hydrogen-bond donors (Lipinski definition) is 2. The highest BCUT2D eigenvalue weighted by Gasteiger charge is 2.46. The van der Waals surface area contributed by atoms with E-state index in [4.69, 9.17) is 0 Å². The Balaban J connectivity index is 2.08. The van der Waals surface area contributed by atoms with Crippen LogP contribution in [0.4, 0.5) is 0 Å². The van der Waals surface area contributed by atoms with Gasteiger partial charge >= 0.3 is 0 Å². The van der Waals surface area contributed by atoms with Gasteiger partial charge in [0.05, 0.1) is 22.9 Å². The van der Waals surface area contributed by atoms with Crippen molar-refractivity contribution in [2.45, 2.75) is 26.3 Å². The summed E-state index contributed by atoms with van der Waals surface area (Å²) in [7, 11) is 3.94. The third-order valence-electron chi connectivity index (χ3n) is 4.72. The molecule has 3 heterocycles. The number of aromatic amines is 1. The number of aliphatic hydroxyl groups is 1. The van der Waals surface area contributed by atoms with Gasteiger partial charge in [0.2, 0.25) is 0 Å². The first-order valence-electron chi connectivity index (χ1n) is 8.81. The van der Waals surface area contributed by atoms with E-state index in [-0.39, 0.29) is 11.3 Å². The van der Waals surface area contributed by atoms with Gasteiger partial charge in [-0.3, -0.25) is 14.7 Å². The number of nitrogens with zero attached hydrogens (tertiary/aromatic N) is 3. The molecule has 1 saturated heterocycles. The number of ketones is 1. The van der Waals surface area contributed by atoms with Crippen LogP contribution >= 0.6 is 11.3 Å². The lowest BCUT2D eigenvalue weighted by atomic mass is 9.99. The maximum Gasteiger partial charge on any atom is 0.295 e. The Morgan fingerprint density at radius 2 is 2.11 bits per heavy atom. The van der Waals surface area contributed by atoms with Crippen LogP contribution in [0.15, 0.2) is 23.1 Å². The van der Waals surface area contributed by atoms with Crippen molar-refractivity contribution in [2.75, 3.05) is 27.2 Å². The van der Waals surface area contributed by atoms with Crippen LogP contribution in [-0.4, -0.2) is 64.0 Å². The van der Waals surface area contributed by atoms with Crippen molar-refractivity contribution in [3.63, 3.8) is 0 Å². The molecule has 2 N–H and O–H groups in total. The Morgan fingerprint density at radius 3 is 2.67 bits per heavy atom. The number of Topliss-reactive ketones (excluding diaryl/α,β-unsaturated/α-hetero) is 1. The second kappa shape index (κ2) is 7.66. The Labute approximate surface area is 162 Å². The summed E-state index contributed by atoms with van der Waals surface area (Å²) in [5.74, 6) is -1.37. The number of hydrogen-bond acceptors (Lipinski definition) is 6. The number of aromatic nitrogens is 2. The lowest BCUT2D eigenvalue weighted by Gasteiger charge is -2.24. The molecule has 0 radical (unpaired) electrons. The molecule has 2 aromatic rings. The highest BCUT2D eigenvalue weighted by atomic mass is 32.1. The number of carbonyl (C=O) groups is 2. The molecule has 1 fully saturated rings. The number of aliphatic hydroxyl groups excluding tert-OH is 1. The third kappa shape index (κ3) is 3.54. The zero-order chi connectivity index (χ0) is 19.7. The normalized spacial score (nSPS) is 19.4. The average Bonchev–Trinajstić information content (AvgIpc) is 3.30. The molecule has 1 atom stereocenters. The van der Waals surface area contributed by atoms with E-state index in [1.165, 1.54) is 11.3 Å². The predicted octanol–water partition coefficient (Wildman–Crippen LogP) is 2.46. The van der Waals surface area contributed by atoms with Crippen molar-refractivity contribution < 1.29 is 14.7 Å². The Morgan fingerprint density at radius 1 is 1.37 bits per heavy atom. The fraction of sp³-hybridized carbons (Fsp3) is 0.421. The average molecular weight is 388 g/mol. The second-order valence-corrected chi connectivity index (χ2v) is 7.95. The van der Waals surface area contributed by atoms with E-state index in [0.29, 0.717) is 23.5 Å². The minimum absolute atomic E-state index is 0.139. The summed E-state index contributed by atoms with van der Waals surface area (Å²) in [6.45, 7) is 4.79. The van der Waals surface area contributed by atoms with Crippen molar-refractivity contribution in [1.29, 1.82) is 0 Å². The fourth-order valence-electron chi connectivity index (χ4n) is 3.45. The molecule has 1 unspecified atom stereocenters. The quantitative estimate of drug-likeness (QED) is 0.451. The maximum atomic E-state index is 12.8. The number of aryl methyl sites for hydroxylation is 2. The zero-order valence-corrected chi connectivity index (χ0v) is 16.8. The van der Waals surface area contributed by atoms with E-state index < -0.39 is 17.7 Å². The van der Waals surface area contributed by atoms with Gasteiger partial charge in [-0.05, 0) is 52.4 Å². The standard InChI is InChI=1S/C19H24N4O3S/c1-11-14(12(2)21-20-11)17(24)15-16(13-7-5-10-27-13)23(19(26)18(15)25)9-6-8-22(3)4/h5,7,10,16,24H,6,8-9H2,1-4H3,(H,20,21)/b17-15+. The molecule has 0 aliphatic carbocycles. The van der Waals surface area contributed by atoms with Crippen molar-refractivity contribution in [3.05, 3.63) is 44.9 Å². The first-order chi connectivity index (χ1) is 12.8. The molecule has 1 aliphatic rings. The van der Waals surface area contributed by atoms with Gasteiger partial charge in [0.1, 0.15) is 5.76 Å². The number of carbonyl (C=O) groups excluding carboxylic acids is 2. The first-order valence-corrected chi connectivity index (χ1v) is 9.69. The topological polar surface area (TPSA) is 89.5 Å². The SMILES string of the molecule is Cc1n[nH]c(C)c1/C(O)=C1\C(=O)C(=O)N(CCCN(C)C)C1c1cccs1. The minimum atomic E-state index is -0.643. The zero-order valence-electron chi connectivity index (χ0n) is 15.9. The van der Waals surface area contributed by atoms with Crippen LogP contribution in [0.25, 0.3) is 5.76 Å². The summed E-state index contributed by atoms with van der Waals surface area (Å²) in [5, 5.41) is 19.8. The van der Waals surface area contributed by atoms with Gasteiger partial charge in [0.15, 0.2) is 0 Å². The van der Waals surface area contributed by atoms with Gasteiger partial charge < -0.3 is 14.9 Å². The van der Waals surface area contributed by atoms with Gasteiger partial charge in [-0.25, -0.2) is 0 Å². The largest absolute Gasteiger partial charge is 0.507 e. The Kier molecular flexibility index (Phi) is 5.48. The molecule has 0 bridgehead atoms. The summed E-state index contributed by atoms with van der Waals surface area (Å²) < 4.78 is 0. The summed E-state index contributed by atoms with van der Waals surface area (Å²) in [4.78, 5) is 30.0. The molecule has 7 nitrogen and oxygen atoms in total. The van der Waals surface area contributed by atoms with Crippen LogP contribution in [-0.2, 0) is 9.59 Å². The van der Waals surface area contributed by atoms with E-state index in [0.717, 1.165) is 17.8 Å². The maximum absolute atomic E-state index is 12.8. The summed E-state index contributed by atoms with van der Waals surface area (Å²) in [6, 6.07) is 3.21. The smallest absolute Gasteiger partial charge is 0.295 e. The van der Waals surface area contributed by atoms with E-state index >= 15 is 0 Å². The molecule has 0 spiro atoms. The molecule has 144 valence electrons. The van der Waals surface area contributed by atoms with Crippen LogP contribution in [0.2, 0.25) is 0 Å². The summed E-state index contributed by atoms with van der Waals surface area (Å²) in [6.07, 6.45) is 0.742. The van der Waals surface area contributed by atoms with Crippen LogP contribution < -0.4 is 0 Å². The third-order valence-corrected chi connectivity index (χ3v) is 5.65. The van der Waals surface area contributed by atoms with E-state index in [1.807, 2.05) is 36.5 Å². The molecule has 0 saturated carbocycles. The van der Waals surface area contributed by atoms with Crippen molar-refractivity contribution in [3.8, 4) is 0 Å². The number of H-pyrrole nitrogens is 1. The van der Waals surface area contributed by atoms with Crippen LogP contribution in [0.5, 0.6) is 0 Å². The van der Waals surface area contributed by atoms with Gasteiger partial charge in [0, 0.05) is 17.1 Å². The highest BCUT2D eigenvalue weighted by molar-refractivity contribution is 7.10. The number of nitrogens with one attached hydrogen (secondary N) is 1. The summed E-state index contributed by atoms with van der Waals surface area (Å²) in [5.41, 5.74) is 1.88. The van der Waals surface area contributed by atoms with E-state index in [2.05, 4.69) is 10.2 Å². The first kappa shape index (κ1) is 19.3. The fourth-order valence-corrected chi connectivity index (χ4v) is 4.29. The van der Waals surface area contributed by atoms with Gasteiger partial charge in [-0.2, -0.15) is 5.10 Å². The second-order valence-electron chi connectivity index (χ2n) is 6.97. The summed E-state index contributed by atoms with van der Waals surface area (Å²) >= 11 is 1.47. The van der Waals surface area contributed by atoms with Crippen LogP contribution in [0.3, 0.4) is 0 Å². The number of rotatable bonds is 6. The highest BCUT2D eigenvalue weighted by Crippen LogP contribution is 2.41. The molecule has 1 aliphatic heterocycles. The van der Waals surface area contributed by atoms with E-state index in [9.17, 15) is 14.7 Å². The lowest BCUT2D eigenvalue weighted by Crippen LogP contribution is -2.32. The molecule has 27 heavy (non-hydrogen) atoms.